The zero-order valence-corrected chi connectivity index (χ0v) is 12.9. The number of hydrogen-bond acceptors (Lipinski definition) is 4. The molecule has 6 nitrogen and oxygen atoms in total. The number of benzene rings is 1. The lowest BCUT2D eigenvalue weighted by atomic mass is 10.3. The van der Waals surface area contributed by atoms with E-state index in [0.717, 1.165) is 45.0 Å². The van der Waals surface area contributed by atoms with Crippen molar-refractivity contribution < 1.29 is 4.79 Å². The van der Waals surface area contributed by atoms with Crippen LogP contribution in [0.3, 0.4) is 0 Å². The fraction of sp³-hybridized carbons (Fsp3) is 0.533. The summed E-state index contributed by atoms with van der Waals surface area (Å²) in [5.74, 6) is 0. The number of carbonyl (C=O) groups is 1. The van der Waals surface area contributed by atoms with E-state index in [-0.39, 0.29) is 6.03 Å². The molecule has 2 amide bonds. The Morgan fingerprint density at radius 1 is 1.29 bits per heavy atom. The van der Waals surface area contributed by atoms with Gasteiger partial charge in [0.15, 0.2) is 0 Å². The molecule has 0 saturated carbocycles. The lowest BCUT2D eigenvalue weighted by Gasteiger charge is -2.35. The Morgan fingerprint density at radius 3 is 2.62 bits per heavy atom. The Morgan fingerprint density at radius 2 is 2.00 bits per heavy atom. The Kier molecular flexibility index (Phi) is 5.41. The normalized spacial score (nSPS) is 16.2. The van der Waals surface area contributed by atoms with Crippen molar-refractivity contribution in [1.29, 1.82) is 0 Å². The summed E-state index contributed by atoms with van der Waals surface area (Å²) in [4.78, 5) is 18.6. The minimum absolute atomic E-state index is 0.0483. The van der Waals surface area contributed by atoms with E-state index in [1.54, 1.807) is 12.1 Å². The number of nitrogens with one attached hydrogen (secondary N) is 1. The van der Waals surface area contributed by atoms with Gasteiger partial charge in [0, 0.05) is 50.6 Å². The predicted molar refractivity (Wildman–Crippen MR) is 86.4 cm³/mol. The lowest BCUT2D eigenvalue weighted by molar-refractivity contribution is 0.140. The largest absolute Gasteiger partial charge is 0.399 e. The van der Waals surface area contributed by atoms with E-state index in [4.69, 9.17) is 5.73 Å². The van der Waals surface area contributed by atoms with Crippen LogP contribution in [0.1, 0.15) is 0 Å². The minimum atomic E-state index is -0.0483. The SMILES string of the molecule is CN(C)CCN1CCN(C(=O)Nc2cccc(N)c2)CC1. The van der Waals surface area contributed by atoms with Crippen molar-refractivity contribution in [1.82, 2.24) is 14.7 Å². The Labute approximate surface area is 126 Å². The van der Waals surface area contributed by atoms with Gasteiger partial charge in [0.2, 0.25) is 0 Å². The molecular formula is C15H25N5O. The fourth-order valence-electron chi connectivity index (χ4n) is 2.33. The third-order valence-electron chi connectivity index (χ3n) is 3.66. The van der Waals surface area contributed by atoms with Crippen LogP contribution in [0.15, 0.2) is 24.3 Å². The van der Waals surface area contributed by atoms with Gasteiger partial charge in [-0.2, -0.15) is 0 Å². The summed E-state index contributed by atoms with van der Waals surface area (Å²) >= 11 is 0. The van der Waals surface area contributed by atoms with Gasteiger partial charge in [0.1, 0.15) is 0 Å². The maximum absolute atomic E-state index is 12.2. The van der Waals surface area contributed by atoms with Gasteiger partial charge in [0.25, 0.3) is 0 Å². The molecule has 116 valence electrons. The molecule has 1 aliphatic rings. The van der Waals surface area contributed by atoms with Crippen LogP contribution in [-0.4, -0.2) is 74.1 Å². The van der Waals surface area contributed by atoms with E-state index in [1.165, 1.54) is 0 Å². The van der Waals surface area contributed by atoms with Crippen LogP contribution in [0, 0.1) is 0 Å². The summed E-state index contributed by atoms with van der Waals surface area (Å²) in [7, 11) is 4.16. The van der Waals surface area contributed by atoms with Crippen LogP contribution < -0.4 is 11.1 Å². The highest BCUT2D eigenvalue weighted by molar-refractivity contribution is 5.89. The molecule has 1 aromatic carbocycles. The molecule has 0 atom stereocenters. The number of anilines is 2. The smallest absolute Gasteiger partial charge is 0.321 e. The second-order valence-electron chi connectivity index (χ2n) is 5.69. The van der Waals surface area contributed by atoms with Gasteiger partial charge in [-0.25, -0.2) is 4.79 Å². The molecule has 1 fully saturated rings. The molecule has 1 heterocycles. The van der Waals surface area contributed by atoms with Crippen molar-refractivity contribution in [3.63, 3.8) is 0 Å². The highest BCUT2D eigenvalue weighted by Crippen LogP contribution is 2.13. The van der Waals surface area contributed by atoms with Crippen LogP contribution in [-0.2, 0) is 0 Å². The van der Waals surface area contributed by atoms with Crippen molar-refractivity contribution in [2.75, 3.05) is 64.4 Å². The van der Waals surface area contributed by atoms with Crippen molar-refractivity contribution >= 4 is 17.4 Å². The number of rotatable bonds is 4. The number of urea groups is 1. The zero-order valence-electron chi connectivity index (χ0n) is 12.9. The Balaban J connectivity index is 1.78. The molecular weight excluding hydrogens is 266 g/mol. The van der Waals surface area contributed by atoms with Crippen LogP contribution >= 0.6 is 0 Å². The van der Waals surface area contributed by atoms with E-state index in [1.807, 2.05) is 17.0 Å². The lowest BCUT2D eigenvalue weighted by Crippen LogP contribution is -2.51. The molecule has 0 radical (unpaired) electrons. The van der Waals surface area contributed by atoms with Crippen molar-refractivity contribution in [3.05, 3.63) is 24.3 Å². The molecule has 0 aromatic heterocycles. The number of hydrogen-bond donors (Lipinski definition) is 2. The number of nitrogens with two attached hydrogens (primary N) is 1. The standard InChI is InChI=1S/C15H25N5O/c1-18(2)6-7-19-8-10-20(11-9-19)15(21)17-14-5-3-4-13(16)12-14/h3-5,12H,6-11,16H2,1-2H3,(H,17,21). The van der Waals surface area contributed by atoms with Gasteiger partial charge in [-0.05, 0) is 32.3 Å². The summed E-state index contributed by atoms with van der Waals surface area (Å²) in [6, 6.07) is 7.21. The zero-order chi connectivity index (χ0) is 15.2. The summed E-state index contributed by atoms with van der Waals surface area (Å²) in [6.45, 7) is 5.49. The van der Waals surface area contributed by atoms with Crippen molar-refractivity contribution in [2.45, 2.75) is 0 Å². The molecule has 21 heavy (non-hydrogen) atoms. The first-order valence-corrected chi connectivity index (χ1v) is 7.33. The van der Waals surface area contributed by atoms with E-state index in [2.05, 4.69) is 29.2 Å². The Hall–Kier alpha value is -1.79. The maximum Gasteiger partial charge on any atom is 0.321 e. The number of carbonyl (C=O) groups excluding carboxylic acids is 1. The van der Waals surface area contributed by atoms with Gasteiger partial charge in [-0.3, -0.25) is 4.90 Å². The van der Waals surface area contributed by atoms with Crippen molar-refractivity contribution in [2.24, 2.45) is 0 Å². The summed E-state index contributed by atoms with van der Waals surface area (Å²) in [6.07, 6.45) is 0. The second-order valence-corrected chi connectivity index (χ2v) is 5.69. The summed E-state index contributed by atoms with van der Waals surface area (Å²) in [5, 5.41) is 2.90. The highest BCUT2D eigenvalue weighted by Gasteiger charge is 2.20. The molecule has 0 unspecified atom stereocenters. The number of amides is 2. The molecule has 1 saturated heterocycles. The van der Waals surface area contributed by atoms with Crippen molar-refractivity contribution in [3.8, 4) is 0 Å². The van der Waals surface area contributed by atoms with E-state index < -0.39 is 0 Å². The molecule has 3 N–H and O–H groups in total. The van der Waals surface area contributed by atoms with Gasteiger partial charge in [0.05, 0.1) is 0 Å². The van der Waals surface area contributed by atoms with Gasteiger partial charge in [-0.15, -0.1) is 0 Å². The molecule has 0 spiro atoms. The molecule has 0 aliphatic carbocycles. The molecule has 0 bridgehead atoms. The van der Waals surface area contributed by atoms with Crippen LogP contribution in [0.4, 0.5) is 16.2 Å². The number of nitrogens with zero attached hydrogens (tertiary/aromatic N) is 3. The third kappa shape index (κ3) is 4.91. The van der Waals surface area contributed by atoms with E-state index in [9.17, 15) is 4.79 Å². The number of nitrogen functional groups attached to an aromatic ring is 1. The van der Waals surface area contributed by atoms with E-state index in [0.29, 0.717) is 5.69 Å². The number of piperazine rings is 1. The predicted octanol–water partition coefficient (Wildman–Crippen LogP) is 0.980. The van der Waals surface area contributed by atoms with Gasteiger partial charge >= 0.3 is 6.03 Å². The van der Waals surface area contributed by atoms with E-state index >= 15 is 0 Å². The first kappa shape index (κ1) is 15.6. The van der Waals surface area contributed by atoms with Crippen LogP contribution in [0.2, 0.25) is 0 Å². The number of likely N-dealkylation sites (N-methyl/N-ethyl adjacent to an activating group) is 1. The monoisotopic (exact) mass is 291 g/mol. The Bertz CT molecular complexity index is 469. The van der Waals surface area contributed by atoms with Gasteiger partial charge in [-0.1, -0.05) is 6.07 Å². The highest BCUT2D eigenvalue weighted by atomic mass is 16.2. The first-order chi connectivity index (χ1) is 10.0. The third-order valence-corrected chi connectivity index (χ3v) is 3.66. The second kappa shape index (κ2) is 7.28. The fourth-order valence-corrected chi connectivity index (χ4v) is 2.33. The minimum Gasteiger partial charge on any atom is -0.399 e. The summed E-state index contributed by atoms with van der Waals surface area (Å²) < 4.78 is 0. The van der Waals surface area contributed by atoms with Gasteiger partial charge < -0.3 is 20.9 Å². The maximum atomic E-state index is 12.2. The molecule has 1 aliphatic heterocycles. The molecule has 2 rings (SSSR count). The molecule has 6 heteroatoms. The topological polar surface area (TPSA) is 64.8 Å². The quantitative estimate of drug-likeness (QED) is 0.812. The molecule has 1 aromatic rings. The summed E-state index contributed by atoms with van der Waals surface area (Å²) in [5.41, 5.74) is 7.11. The van der Waals surface area contributed by atoms with Crippen LogP contribution in [0.5, 0.6) is 0 Å². The first-order valence-electron chi connectivity index (χ1n) is 7.33. The average Bonchev–Trinajstić information content (AvgIpc) is 2.45. The van der Waals surface area contributed by atoms with Crippen LogP contribution in [0.25, 0.3) is 0 Å². The average molecular weight is 291 g/mol.